The Kier molecular flexibility index (Phi) is 5.64. The summed E-state index contributed by atoms with van der Waals surface area (Å²) >= 11 is 0. The minimum Gasteiger partial charge on any atom is -0.497 e. The Bertz CT molecular complexity index is 1520. The van der Waals surface area contributed by atoms with E-state index in [-0.39, 0.29) is 5.43 Å². The molecule has 0 fully saturated rings. The molecule has 0 aliphatic rings. The number of rotatable bonds is 6. The SMILES string of the molecule is COc1ccc(-c2c(C)oc3c(C)c(OCc4cnn(-c5ccccc5)c4)ccc3c2=O)cc1. The number of hydrogen-bond donors (Lipinski definition) is 0. The molecule has 170 valence electrons. The zero-order valence-corrected chi connectivity index (χ0v) is 19.2. The van der Waals surface area contributed by atoms with E-state index in [0.29, 0.717) is 34.6 Å². The third-order valence-corrected chi connectivity index (χ3v) is 5.86. The molecule has 6 heteroatoms. The minimum atomic E-state index is -0.0669. The van der Waals surface area contributed by atoms with Gasteiger partial charge < -0.3 is 13.9 Å². The van der Waals surface area contributed by atoms with E-state index in [9.17, 15) is 4.79 Å². The second-order valence-electron chi connectivity index (χ2n) is 8.07. The number of benzene rings is 3. The number of para-hydroxylation sites is 1. The van der Waals surface area contributed by atoms with Gasteiger partial charge in [-0.1, -0.05) is 30.3 Å². The van der Waals surface area contributed by atoms with E-state index in [0.717, 1.165) is 28.1 Å². The number of aryl methyl sites for hydroxylation is 2. The van der Waals surface area contributed by atoms with Gasteiger partial charge in [0, 0.05) is 17.3 Å². The number of nitrogens with zero attached hydrogens (tertiary/aromatic N) is 2. The average Bonchev–Trinajstić information content (AvgIpc) is 3.34. The summed E-state index contributed by atoms with van der Waals surface area (Å²) in [6.45, 7) is 4.07. The predicted molar refractivity (Wildman–Crippen MR) is 132 cm³/mol. The highest BCUT2D eigenvalue weighted by Gasteiger charge is 2.17. The third-order valence-electron chi connectivity index (χ3n) is 5.86. The van der Waals surface area contributed by atoms with Gasteiger partial charge in [0.05, 0.1) is 29.9 Å². The zero-order chi connectivity index (χ0) is 23.7. The van der Waals surface area contributed by atoms with Crippen LogP contribution in [0.5, 0.6) is 11.5 Å². The fourth-order valence-electron chi connectivity index (χ4n) is 4.05. The molecule has 5 aromatic rings. The summed E-state index contributed by atoms with van der Waals surface area (Å²) in [6, 6.07) is 20.9. The first kappa shape index (κ1) is 21.5. The molecule has 2 aromatic heterocycles. The summed E-state index contributed by atoms with van der Waals surface area (Å²) in [5.41, 5.74) is 4.53. The van der Waals surface area contributed by atoms with Crippen LogP contribution in [0.1, 0.15) is 16.9 Å². The topological polar surface area (TPSA) is 66.5 Å². The predicted octanol–water partition coefficient (Wildman–Crippen LogP) is 5.85. The second kappa shape index (κ2) is 8.90. The Morgan fingerprint density at radius 1 is 0.971 bits per heavy atom. The van der Waals surface area contributed by atoms with Gasteiger partial charge in [0.15, 0.2) is 0 Å². The van der Waals surface area contributed by atoms with Crippen LogP contribution < -0.4 is 14.9 Å². The smallest absolute Gasteiger partial charge is 0.200 e. The van der Waals surface area contributed by atoms with Crippen molar-refractivity contribution >= 4 is 11.0 Å². The van der Waals surface area contributed by atoms with Crippen molar-refractivity contribution in [2.75, 3.05) is 7.11 Å². The Labute approximate surface area is 197 Å². The molecule has 0 spiro atoms. The normalized spacial score (nSPS) is 11.0. The van der Waals surface area contributed by atoms with E-state index in [1.54, 1.807) is 19.4 Å². The van der Waals surface area contributed by atoms with Crippen molar-refractivity contribution in [2.24, 2.45) is 0 Å². The maximum atomic E-state index is 13.3. The number of methoxy groups -OCH3 is 1. The maximum absolute atomic E-state index is 13.3. The number of ether oxygens (including phenoxy) is 2. The molecule has 0 bridgehead atoms. The molecule has 0 saturated carbocycles. The molecule has 0 aliphatic heterocycles. The summed E-state index contributed by atoms with van der Waals surface area (Å²) < 4.78 is 19.3. The van der Waals surface area contributed by atoms with Crippen molar-refractivity contribution in [2.45, 2.75) is 20.5 Å². The number of fused-ring (bicyclic) bond motifs is 1. The van der Waals surface area contributed by atoms with Crippen molar-refractivity contribution in [3.05, 3.63) is 106 Å². The van der Waals surface area contributed by atoms with Crippen molar-refractivity contribution in [1.82, 2.24) is 9.78 Å². The molecule has 0 aliphatic carbocycles. The largest absolute Gasteiger partial charge is 0.497 e. The minimum absolute atomic E-state index is 0.0669. The molecule has 6 nitrogen and oxygen atoms in total. The fraction of sp³-hybridized carbons (Fsp3) is 0.143. The quantitative estimate of drug-likeness (QED) is 0.323. The van der Waals surface area contributed by atoms with Crippen LogP contribution >= 0.6 is 0 Å². The van der Waals surface area contributed by atoms with Crippen LogP contribution in [0.2, 0.25) is 0 Å². The van der Waals surface area contributed by atoms with E-state index in [1.165, 1.54) is 0 Å². The Morgan fingerprint density at radius 2 is 1.74 bits per heavy atom. The van der Waals surface area contributed by atoms with Gasteiger partial charge in [-0.15, -0.1) is 0 Å². The first-order valence-electron chi connectivity index (χ1n) is 11.0. The molecule has 0 saturated heterocycles. The standard InChI is InChI=1S/C28H24N2O4/c1-18-25(33-17-20-15-29-30(16-20)22-7-5-4-6-8-22)14-13-24-27(31)26(19(2)34-28(18)24)21-9-11-23(32-3)12-10-21/h4-16H,17H2,1-3H3. The third kappa shape index (κ3) is 3.94. The first-order valence-corrected chi connectivity index (χ1v) is 11.0. The van der Waals surface area contributed by atoms with Crippen LogP contribution in [-0.4, -0.2) is 16.9 Å². The summed E-state index contributed by atoms with van der Waals surface area (Å²) in [6.07, 6.45) is 3.73. The summed E-state index contributed by atoms with van der Waals surface area (Å²) in [7, 11) is 1.61. The molecule has 0 amide bonds. The average molecular weight is 453 g/mol. The summed E-state index contributed by atoms with van der Waals surface area (Å²) in [5, 5.41) is 4.94. The Morgan fingerprint density at radius 3 is 2.47 bits per heavy atom. The van der Waals surface area contributed by atoms with E-state index < -0.39 is 0 Å². The van der Waals surface area contributed by atoms with Gasteiger partial charge in [0.2, 0.25) is 5.43 Å². The van der Waals surface area contributed by atoms with Crippen LogP contribution in [0.3, 0.4) is 0 Å². The lowest BCUT2D eigenvalue weighted by molar-refractivity contribution is 0.304. The van der Waals surface area contributed by atoms with Gasteiger partial charge in [-0.05, 0) is 55.8 Å². The lowest BCUT2D eigenvalue weighted by Crippen LogP contribution is -2.08. The van der Waals surface area contributed by atoms with Gasteiger partial charge >= 0.3 is 0 Å². The van der Waals surface area contributed by atoms with Gasteiger partial charge in [0.1, 0.15) is 29.4 Å². The summed E-state index contributed by atoms with van der Waals surface area (Å²) in [5.74, 6) is 1.96. The van der Waals surface area contributed by atoms with Crippen molar-refractivity contribution in [3.8, 4) is 28.3 Å². The number of hydrogen-bond acceptors (Lipinski definition) is 5. The number of aromatic nitrogens is 2. The molecular formula is C28H24N2O4. The molecule has 5 rings (SSSR count). The van der Waals surface area contributed by atoms with Crippen molar-refractivity contribution in [3.63, 3.8) is 0 Å². The molecule has 3 aromatic carbocycles. The molecule has 34 heavy (non-hydrogen) atoms. The molecule has 0 atom stereocenters. The van der Waals surface area contributed by atoms with Crippen LogP contribution in [0, 0.1) is 13.8 Å². The molecule has 0 unspecified atom stereocenters. The highest BCUT2D eigenvalue weighted by Crippen LogP contribution is 2.31. The monoisotopic (exact) mass is 452 g/mol. The van der Waals surface area contributed by atoms with E-state index in [4.69, 9.17) is 13.9 Å². The molecule has 0 radical (unpaired) electrons. The Balaban J connectivity index is 1.43. The highest BCUT2D eigenvalue weighted by atomic mass is 16.5. The van der Waals surface area contributed by atoms with Gasteiger partial charge in [-0.3, -0.25) is 4.79 Å². The lowest BCUT2D eigenvalue weighted by atomic mass is 10.0. The van der Waals surface area contributed by atoms with Gasteiger partial charge in [-0.25, -0.2) is 4.68 Å². The summed E-state index contributed by atoms with van der Waals surface area (Å²) in [4.78, 5) is 13.3. The van der Waals surface area contributed by atoms with E-state index >= 15 is 0 Å². The molecule has 0 N–H and O–H groups in total. The first-order chi connectivity index (χ1) is 16.5. The van der Waals surface area contributed by atoms with Crippen molar-refractivity contribution < 1.29 is 13.9 Å². The molecular weight excluding hydrogens is 428 g/mol. The van der Waals surface area contributed by atoms with Gasteiger partial charge in [0.25, 0.3) is 0 Å². The zero-order valence-electron chi connectivity index (χ0n) is 19.2. The van der Waals surface area contributed by atoms with Crippen LogP contribution in [0.25, 0.3) is 27.8 Å². The lowest BCUT2D eigenvalue weighted by Gasteiger charge is -2.12. The maximum Gasteiger partial charge on any atom is 0.200 e. The van der Waals surface area contributed by atoms with E-state index in [1.807, 2.05) is 85.4 Å². The van der Waals surface area contributed by atoms with Crippen molar-refractivity contribution in [1.29, 1.82) is 0 Å². The van der Waals surface area contributed by atoms with Crippen LogP contribution in [0.15, 0.2) is 88.3 Å². The molecule has 2 heterocycles. The van der Waals surface area contributed by atoms with E-state index in [2.05, 4.69) is 5.10 Å². The van der Waals surface area contributed by atoms with Crippen LogP contribution in [-0.2, 0) is 6.61 Å². The highest BCUT2D eigenvalue weighted by molar-refractivity contribution is 5.86. The van der Waals surface area contributed by atoms with Crippen LogP contribution in [0.4, 0.5) is 0 Å². The Hall–Kier alpha value is -4.32. The fourth-order valence-corrected chi connectivity index (χ4v) is 4.05. The second-order valence-corrected chi connectivity index (χ2v) is 8.07. The van der Waals surface area contributed by atoms with Gasteiger partial charge in [-0.2, -0.15) is 5.10 Å².